The normalized spacial score (nSPS) is 14.3. The zero-order valence-electron chi connectivity index (χ0n) is 17.9. The van der Waals surface area contributed by atoms with Gasteiger partial charge in [-0.15, -0.1) is 5.10 Å². The maximum absolute atomic E-state index is 13.8. The fourth-order valence-electron chi connectivity index (χ4n) is 3.88. The van der Waals surface area contributed by atoms with Crippen molar-refractivity contribution in [2.45, 2.75) is 18.8 Å². The molecule has 0 saturated carbocycles. The molecule has 166 valence electrons. The molecular formula is C23H24FN5O3. The van der Waals surface area contributed by atoms with Gasteiger partial charge in [-0.25, -0.2) is 4.39 Å². The average molecular weight is 437 g/mol. The summed E-state index contributed by atoms with van der Waals surface area (Å²) >= 11 is 0. The number of amides is 1. The number of hydrogen-bond acceptors (Lipinski definition) is 7. The quantitative estimate of drug-likeness (QED) is 0.653. The third kappa shape index (κ3) is 4.32. The number of likely N-dealkylation sites (tertiary alicyclic amines) is 1. The fraction of sp³-hybridized carbons (Fsp3) is 0.304. The average Bonchev–Trinajstić information content (AvgIpc) is 2.84. The summed E-state index contributed by atoms with van der Waals surface area (Å²) in [6.07, 6.45) is 3.14. The van der Waals surface area contributed by atoms with Crippen molar-refractivity contribution < 1.29 is 18.7 Å². The molecule has 0 bridgehead atoms. The molecule has 32 heavy (non-hydrogen) atoms. The zero-order valence-corrected chi connectivity index (χ0v) is 17.9. The number of nitrogens with two attached hydrogens (primary N) is 1. The standard InChI is InChI=1S/C23H24FN5O3/c1-31-20-12-19(26-13-16(20)15-3-4-17(24)21(11-15)32-2)23(30)29-9-7-14(8-10-29)18-5-6-22(25)28-27-18/h3-6,11-14H,7-10H2,1-2H3,(H2,25,28). The summed E-state index contributed by atoms with van der Waals surface area (Å²) in [7, 11) is 2.93. The van der Waals surface area contributed by atoms with Crippen molar-refractivity contribution in [3.8, 4) is 22.6 Å². The predicted molar refractivity (Wildman–Crippen MR) is 117 cm³/mol. The van der Waals surface area contributed by atoms with E-state index in [1.165, 1.54) is 20.3 Å². The van der Waals surface area contributed by atoms with Crippen LogP contribution in [0.1, 0.15) is 34.9 Å². The van der Waals surface area contributed by atoms with Gasteiger partial charge in [-0.2, -0.15) is 5.10 Å². The molecule has 0 atom stereocenters. The van der Waals surface area contributed by atoms with Gasteiger partial charge in [0.15, 0.2) is 11.6 Å². The van der Waals surface area contributed by atoms with Gasteiger partial charge < -0.3 is 20.1 Å². The number of aromatic nitrogens is 3. The third-order valence-corrected chi connectivity index (χ3v) is 5.67. The lowest BCUT2D eigenvalue weighted by Crippen LogP contribution is -2.38. The molecule has 2 aromatic heterocycles. The number of anilines is 1. The number of benzene rings is 1. The summed E-state index contributed by atoms with van der Waals surface area (Å²) in [5.41, 5.74) is 8.12. The van der Waals surface area contributed by atoms with Gasteiger partial charge in [0.2, 0.25) is 0 Å². The van der Waals surface area contributed by atoms with Crippen molar-refractivity contribution in [1.82, 2.24) is 20.1 Å². The number of carbonyl (C=O) groups excluding carboxylic acids is 1. The number of hydrogen-bond donors (Lipinski definition) is 1. The number of pyridine rings is 1. The first kappa shape index (κ1) is 21.5. The van der Waals surface area contributed by atoms with E-state index in [-0.39, 0.29) is 17.6 Å². The van der Waals surface area contributed by atoms with Crippen LogP contribution in [0.4, 0.5) is 10.2 Å². The number of nitrogen functional groups attached to an aromatic ring is 1. The lowest BCUT2D eigenvalue weighted by molar-refractivity contribution is 0.0705. The van der Waals surface area contributed by atoms with E-state index in [0.29, 0.717) is 41.5 Å². The molecule has 0 aliphatic carbocycles. The highest BCUT2D eigenvalue weighted by Crippen LogP contribution is 2.33. The molecular weight excluding hydrogens is 413 g/mol. The van der Waals surface area contributed by atoms with E-state index in [1.807, 2.05) is 6.07 Å². The number of halogens is 1. The topological polar surface area (TPSA) is 103 Å². The molecule has 0 unspecified atom stereocenters. The summed E-state index contributed by atoms with van der Waals surface area (Å²) in [5, 5.41) is 8.09. The summed E-state index contributed by atoms with van der Waals surface area (Å²) < 4.78 is 24.3. The van der Waals surface area contributed by atoms with Gasteiger partial charge in [0.05, 0.1) is 19.9 Å². The van der Waals surface area contributed by atoms with E-state index >= 15 is 0 Å². The summed E-state index contributed by atoms with van der Waals surface area (Å²) in [6.45, 7) is 1.19. The molecule has 1 aromatic carbocycles. The molecule has 2 N–H and O–H groups in total. The van der Waals surface area contributed by atoms with Crippen molar-refractivity contribution in [3.05, 3.63) is 59.8 Å². The molecule has 1 fully saturated rings. The van der Waals surface area contributed by atoms with E-state index in [1.54, 1.807) is 35.4 Å². The van der Waals surface area contributed by atoms with Crippen LogP contribution in [0.15, 0.2) is 42.6 Å². The molecule has 1 aliphatic heterocycles. The smallest absolute Gasteiger partial charge is 0.272 e. The van der Waals surface area contributed by atoms with Crippen molar-refractivity contribution in [3.63, 3.8) is 0 Å². The van der Waals surface area contributed by atoms with Crippen LogP contribution in [0.5, 0.6) is 11.5 Å². The molecule has 3 heterocycles. The Labute approximate surface area is 185 Å². The van der Waals surface area contributed by atoms with Crippen LogP contribution < -0.4 is 15.2 Å². The predicted octanol–water partition coefficient (Wildman–Crippen LogP) is 3.30. The van der Waals surface area contributed by atoms with Gasteiger partial charge in [0, 0.05) is 36.8 Å². The highest BCUT2D eigenvalue weighted by atomic mass is 19.1. The van der Waals surface area contributed by atoms with Crippen LogP contribution in [0.2, 0.25) is 0 Å². The molecule has 8 nitrogen and oxygen atoms in total. The van der Waals surface area contributed by atoms with E-state index in [2.05, 4.69) is 15.2 Å². The Balaban J connectivity index is 1.49. The maximum Gasteiger partial charge on any atom is 0.272 e. The number of piperidine rings is 1. The molecule has 4 rings (SSSR count). The van der Waals surface area contributed by atoms with Crippen LogP contribution >= 0.6 is 0 Å². The summed E-state index contributed by atoms with van der Waals surface area (Å²) in [6, 6.07) is 9.76. The monoisotopic (exact) mass is 437 g/mol. The molecule has 0 spiro atoms. The summed E-state index contributed by atoms with van der Waals surface area (Å²) in [5.74, 6) is 0.619. The van der Waals surface area contributed by atoms with Crippen LogP contribution in [0.3, 0.4) is 0 Å². The van der Waals surface area contributed by atoms with Crippen LogP contribution in [0, 0.1) is 5.82 Å². The second-order valence-electron chi connectivity index (χ2n) is 7.57. The van der Waals surface area contributed by atoms with Crippen LogP contribution in [-0.2, 0) is 0 Å². The highest BCUT2D eigenvalue weighted by Gasteiger charge is 2.27. The Morgan fingerprint density at radius 3 is 2.47 bits per heavy atom. The SMILES string of the molecule is COc1cc(-c2cnc(C(=O)N3CCC(c4ccc(N)nn4)CC3)cc2OC)ccc1F. The Kier molecular flexibility index (Phi) is 6.16. The lowest BCUT2D eigenvalue weighted by atomic mass is 9.93. The maximum atomic E-state index is 13.8. The van der Waals surface area contributed by atoms with Gasteiger partial charge in [0.1, 0.15) is 17.3 Å². The summed E-state index contributed by atoms with van der Waals surface area (Å²) in [4.78, 5) is 19.2. The van der Waals surface area contributed by atoms with Gasteiger partial charge in [-0.05, 0) is 42.7 Å². The first-order valence-electron chi connectivity index (χ1n) is 10.3. The number of carbonyl (C=O) groups is 1. The molecule has 0 radical (unpaired) electrons. The van der Waals surface area contributed by atoms with Crippen LogP contribution in [-0.4, -0.2) is 53.3 Å². The van der Waals surface area contributed by atoms with E-state index in [0.717, 1.165) is 18.5 Å². The Morgan fingerprint density at radius 1 is 1.06 bits per heavy atom. The van der Waals surface area contributed by atoms with E-state index in [9.17, 15) is 9.18 Å². The zero-order chi connectivity index (χ0) is 22.7. The van der Waals surface area contributed by atoms with Gasteiger partial charge in [0.25, 0.3) is 5.91 Å². The minimum Gasteiger partial charge on any atom is -0.496 e. The number of rotatable bonds is 5. The fourth-order valence-corrected chi connectivity index (χ4v) is 3.88. The van der Waals surface area contributed by atoms with Crippen LogP contribution in [0.25, 0.3) is 11.1 Å². The van der Waals surface area contributed by atoms with Gasteiger partial charge >= 0.3 is 0 Å². The highest BCUT2D eigenvalue weighted by molar-refractivity contribution is 5.93. The Bertz CT molecular complexity index is 1120. The molecule has 1 amide bonds. The van der Waals surface area contributed by atoms with Crippen molar-refractivity contribution in [2.24, 2.45) is 0 Å². The van der Waals surface area contributed by atoms with Crippen molar-refractivity contribution in [2.75, 3.05) is 33.0 Å². The van der Waals surface area contributed by atoms with E-state index < -0.39 is 5.82 Å². The molecule has 3 aromatic rings. The molecule has 9 heteroatoms. The molecule has 1 saturated heterocycles. The Hall–Kier alpha value is -3.75. The number of nitrogens with zero attached hydrogens (tertiary/aromatic N) is 4. The first-order valence-corrected chi connectivity index (χ1v) is 10.3. The number of methoxy groups -OCH3 is 2. The minimum absolute atomic E-state index is 0.123. The Morgan fingerprint density at radius 2 is 1.81 bits per heavy atom. The molecule has 1 aliphatic rings. The third-order valence-electron chi connectivity index (χ3n) is 5.67. The van der Waals surface area contributed by atoms with E-state index in [4.69, 9.17) is 15.2 Å². The van der Waals surface area contributed by atoms with Gasteiger partial charge in [-0.1, -0.05) is 6.07 Å². The second kappa shape index (κ2) is 9.17. The van der Waals surface area contributed by atoms with Gasteiger partial charge in [-0.3, -0.25) is 9.78 Å². The first-order chi connectivity index (χ1) is 15.5. The van der Waals surface area contributed by atoms with Crippen molar-refractivity contribution >= 4 is 11.7 Å². The number of ether oxygens (including phenoxy) is 2. The largest absolute Gasteiger partial charge is 0.496 e. The lowest BCUT2D eigenvalue weighted by Gasteiger charge is -2.31. The van der Waals surface area contributed by atoms with Crippen molar-refractivity contribution in [1.29, 1.82) is 0 Å². The minimum atomic E-state index is -0.455. The second-order valence-corrected chi connectivity index (χ2v) is 7.57.